The number of nitrogens with zero attached hydrogens (tertiary/aromatic N) is 2. The van der Waals surface area contributed by atoms with Crippen molar-refractivity contribution in [1.29, 1.82) is 0 Å². The van der Waals surface area contributed by atoms with Crippen LogP contribution in [0.25, 0.3) is 0 Å². The first-order chi connectivity index (χ1) is 12.6. The summed E-state index contributed by atoms with van der Waals surface area (Å²) in [6, 6.07) is 10.1. The summed E-state index contributed by atoms with van der Waals surface area (Å²) in [4.78, 5) is 1.55. The van der Waals surface area contributed by atoms with Gasteiger partial charge in [0.2, 0.25) is 10.0 Å². The fraction of sp³-hybridized carbons (Fsp3) is 0.333. The van der Waals surface area contributed by atoms with Crippen LogP contribution in [0.5, 0.6) is 0 Å². The van der Waals surface area contributed by atoms with E-state index in [0.717, 1.165) is 23.4 Å². The van der Waals surface area contributed by atoms with Gasteiger partial charge in [-0.15, -0.1) is 0 Å². The third-order valence-corrected chi connectivity index (χ3v) is 6.95. The molecule has 27 heavy (non-hydrogen) atoms. The SMILES string of the molecule is Cc1ccccc1N1CCN(S(=O)(=O)c2cc(C(F)(F)F)ccc2Cl)CC1. The number of piperazine rings is 1. The predicted octanol–water partition coefficient (Wildman–Crippen LogP) is 4.18. The summed E-state index contributed by atoms with van der Waals surface area (Å²) < 4.78 is 65.7. The van der Waals surface area contributed by atoms with Crippen molar-refractivity contribution in [3.05, 3.63) is 58.6 Å². The van der Waals surface area contributed by atoms with Crippen LogP contribution in [0, 0.1) is 6.92 Å². The lowest BCUT2D eigenvalue weighted by molar-refractivity contribution is -0.137. The second-order valence-electron chi connectivity index (χ2n) is 6.32. The highest BCUT2D eigenvalue weighted by atomic mass is 35.5. The van der Waals surface area contributed by atoms with Gasteiger partial charge in [-0.05, 0) is 36.8 Å². The Labute approximate surface area is 161 Å². The number of anilines is 1. The fourth-order valence-corrected chi connectivity index (χ4v) is 5.03. The molecule has 0 N–H and O–H groups in total. The molecule has 0 spiro atoms. The van der Waals surface area contributed by atoms with E-state index in [9.17, 15) is 21.6 Å². The van der Waals surface area contributed by atoms with E-state index in [4.69, 9.17) is 11.6 Å². The number of para-hydroxylation sites is 1. The molecule has 2 aromatic rings. The maximum absolute atomic E-state index is 12.9. The molecule has 4 nitrogen and oxygen atoms in total. The van der Waals surface area contributed by atoms with Crippen molar-refractivity contribution >= 4 is 27.3 Å². The number of halogens is 4. The molecule has 0 bridgehead atoms. The number of alkyl halides is 3. The number of rotatable bonds is 3. The first-order valence-corrected chi connectivity index (χ1v) is 10.1. The summed E-state index contributed by atoms with van der Waals surface area (Å²) >= 11 is 5.91. The first kappa shape index (κ1) is 20.0. The molecule has 1 saturated heterocycles. The highest BCUT2D eigenvalue weighted by Crippen LogP contribution is 2.34. The van der Waals surface area contributed by atoms with Crippen LogP contribution in [0.2, 0.25) is 5.02 Å². The van der Waals surface area contributed by atoms with Crippen LogP contribution < -0.4 is 4.90 Å². The molecule has 3 rings (SSSR count). The highest BCUT2D eigenvalue weighted by molar-refractivity contribution is 7.89. The van der Waals surface area contributed by atoms with Crippen LogP contribution in [0.15, 0.2) is 47.4 Å². The van der Waals surface area contributed by atoms with Crippen molar-refractivity contribution in [1.82, 2.24) is 4.31 Å². The van der Waals surface area contributed by atoms with E-state index in [1.165, 1.54) is 4.31 Å². The third-order valence-electron chi connectivity index (χ3n) is 4.57. The average molecular weight is 419 g/mol. The van der Waals surface area contributed by atoms with Gasteiger partial charge in [0.1, 0.15) is 4.90 Å². The van der Waals surface area contributed by atoms with Crippen molar-refractivity contribution in [2.45, 2.75) is 18.0 Å². The zero-order valence-corrected chi connectivity index (χ0v) is 16.1. The molecule has 1 aliphatic heterocycles. The van der Waals surface area contributed by atoms with Crippen LogP contribution in [0.3, 0.4) is 0 Å². The van der Waals surface area contributed by atoms with Crippen molar-refractivity contribution in [3.63, 3.8) is 0 Å². The molecule has 1 aliphatic rings. The topological polar surface area (TPSA) is 40.6 Å². The zero-order chi connectivity index (χ0) is 19.8. The number of sulfonamides is 1. The van der Waals surface area contributed by atoms with Crippen LogP contribution >= 0.6 is 11.6 Å². The van der Waals surface area contributed by atoms with E-state index in [1.807, 2.05) is 31.2 Å². The maximum Gasteiger partial charge on any atom is 0.416 e. The molecule has 0 atom stereocenters. The van der Waals surface area contributed by atoms with Crippen molar-refractivity contribution < 1.29 is 21.6 Å². The molecule has 0 amide bonds. The smallest absolute Gasteiger partial charge is 0.369 e. The van der Waals surface area contributed by atoms with Gasteiger partial charge >= 0.3 is 6.18 Å². The monoisotopic (exact) mass is 418 g/mol. The summed E-state index contributed by atoms with van der Waals surface area (Å²) in [5.74, 6) is 0. The standard InChI is InChI=1S/C18H18ClF3N2O2S/c1-13-4-2-3-5-16(13)23-8-10-24(11-9-23)27(25,26)17-12-14(18(20,21)22)6-7-15(17)19/h2-7,12H,8-11H2,1H3. The van der Waals surface area contributed by atoms with Gasteiger partial charge < -0.3 is 4.90 Å². The first-order valence-electron chi connectivity index (χ1n) is 8.28. The molecule has 0 aromatic heterocycles. The fourth-order valence-electron chi connectivity index (χ4n) is 3.10. The van der Waals surface area contributed by atoms with Crippen molar-refractivity contribution in [2.75, 3.05) is 31.1 Å². The van der Waals surface area contributed by atoms with E-state index in [1.54, 1.807) is 0 Å². The predicted molar refractivity (Wildman–Crippen MR) is 98.6 cm³/mol. The van der Waals surface area contributed by atoms with Gasteiger partial charge in [0.25, 0.3) is 0 Å². The normalized spacial score (nSPS) is 16.6. The molecule has 0 saturated carbocycles. The second kappa shape index (κ2) is 7.33. The Morgan fingerprint density at radius 3 is 2.22 bits per heavy atom. The van der Waals surface area contributed by atoms with Gasteiger partial charge in [-0.2, -0.15) is 17.5 Å². The maximum atomic E-state index is 12.9. The molecular formula is C18H18ClF3N2O2S. The zero-order valence-electron chi connectivity index (χ0n) is 14.5. The molecule has 0 unspecified atom stereocenters. The summed E-state index contributed by atoms with van der Waals surface area (Å²) in [7, 11) is -4.12. The quantitative estimate of drug-likeness (QED) is 0.750. The van der Waals surface area contributed by atoms with E-state index in [0.29, 0.717) is 19.2 Å². The molecule has 9 heteroatoms. The van der Waals surface area contributed by atoms with E-state index < -0.39 is 26.7 Å². The molecule has 0 radical (unpaired) electrons. The molecule has 1 heterocycles. The van der Waals surface area contributed by atoms with Gasteiger partial charge in [-0.3, -0.25) is 0 Å². The summed E-state index contributed by atoms with van der Waals surface area (Å²) in [6.07, 6.45) is -4.64. The molecule has 146 valence electrons. The van der Waals surface area contributed by atoms with Crippen LogP contribution in [-0.4, -0.2) is 38.9 Å². The van der Waals surface area contributed by atoms with E-state index >= 15 is 0 Å². The Kier molecular flexibility index (Phi) is 5.42. The number of hydrogen-bond acceptors (Lipinski definition) is 3. The Bertz CT molecular complexity index is 940. The Balaban J connectivity index is 1.83. The lowest BCUT2D eigenvalue weighted by Crippen LogP contribution is -2.48. The second-order valence-corrected chi connectivity index (χ2v) is 8.63. The van der Waals surface area contributed by atoms with Crippen molar-refractivity contribution in [2.24, 2.45) is 0 Å². The van der Waals surface area contributed by atoms with Crippen molar-refractivity contribution in [3.8, 4) is 0 Å². The minimum atomic E-state index is -4.64. The van der Waals surface area contributed by atoms with Gasteiger partial charge in [-0.25, -0.2) is 8.42 Å². The Morgan fingerprint density at radius 2 is 1.63 bits per heavy atom. The lowest BCUT2D eigenvalue weighted by Gasteiger charge is -2.36. The minimum absolute atomic E-state index is 0.170. The van der Waals surface area contributed by atoms with Gasteiger partial charge in [-0.1, -0.05) is 29.8 Å². The van der Waals surface area contributed by atoms with Gasteiger partial charge in [0, 0.05) is 31.9 Å². The van der Waals surface area contributed by atoms with Crippen LogP contribution in [0.1, 0.15) is 11.1 Å². The minimum Gasteiger partial charge on any atom is -0.369 e. The largest absolute Gasteiger partial charge is 0.416 e. The average Bonchev–Trinajstić information content (AvgIpc) is 2.61. The van der Waals surface area contributed by atoms with Crippen LogP contribution in [-0.2, 0) is 16.2 Å². The summed E-state index contributed by atoms with van der Waals surface area (Å²) in [6.45, 7) is 3.20. The van der Waals surface area contributed by atoms with Gasteiger partial charge in [0.15, 0.2) is 0 Å². The molecule has 0 aliphatic carbocycles. The third kappa shape index (κ3) is 4.07. The highest BCUT2D eigenvalue weighted by Gasteiger charge is 2.35. The number of aryl methyl sites for hydroxylation is 1. The Morgan fingerprint density at radius 1 is 1.00 bits per heavy atom. The Hall–Kier alpha value is -1.77. The molecular weight excluding hydrogens is 401 g/mol. The van der Waals surface area contributed by atoms with E-state index in [-0.39, 0.29) is 18.1 Å². The number of hydrogen-bond donors (Lipinski definition) is 0. The molecule has 2 aromatic carbocycles. The summed E-state index contributed by atoms with van der Waals surface area (Å²) in [5, 5.41) is -0.218. The summed E-state index contributed by atoms with van der Waals surface area (Å²) in [5.41, 5.74) is 1.06. The molecule has 1 fully saturated rings. The van der Waals surface area contributed by atoms with Gasteiger partial charge in [0.05, 0.1) is 10.6 Å². The lowest BCUT2D eigenvalue weighted by atomic mass is 10.1. The van der Waals surface area contributed by atoms with Crippen LogP contribution in [0.4, 0.5) is 18.9 Å². The van der Waals surface area contributed by atoms with E-state index in [2.05, 4.69) is 4.90 Å². The number of benzene rings is 2.